The van der Waals surface area contributed by atoms with Crippen LogP contribution in [-0.2, 0) is 14.8 Å². The molecule has 0 spiro atoms. The van der Waals surface area contributed by atoms with Crippen molar-refractivity contribution in [2.45, 2.75) is 37.1 Å². The zero-order valence-electron chi connectivity index (χ0n) is 17.9. The summed E-state index contributed by atoms with van der Waals surface area (Å²) >= 11 is 0. The summed E-state index contributed by atoms with van der Waals surface area (Å²) in [5, 5.41) is 2.95. The van der Waals surface area contributed by atoms with E-state index in [1.165, 1.54) is 28.6 Å². The molecule has 1 N–H and O–H groups in total. The van der Waals surface area contributed by atoms with Gasteiger partial charge in [-0.25, -0.2) is 12.8 Å². The SMILES string of the molecule is CC(NC(=O)C1CCN(S(=O)(=O)c2ccc3c(c2)OCCCO3)CC1)c1ccc(F)cc1. The van der Waals surface area contributed by atoms with Gasteiger partial charge in [-0.05, 0) is 49.6 Å². The third-order valence-corrected chi connectivity index (χ3v) is 7.80. The van der Waals surface area contributed by atoms with Crippen molar-refractivity contribution >= 4 is 15.9 Å². The second-order valence-corrected chi connectivity index (χ2v) is 10.1. The summed E-state index contributed by atoms with van der Waals surface area (Å²) in [5.41, 5.74) is 0.814. The molecule has 1 amide bonds. The lowest BCUT2D eigenvalue weighted by Crippen LogP contribution is -2.43. The molecule has 4 rings (SSSR count). The highest BCUT2D eigenvalue weighted by molar-refractivity contribution is 7.89. The van der Waals surface area contributed by atoms with Gasteiger partial charge in [-0.2, -0.15) is 4.31 Å². The first kappa shape index (κ1) is 22.5. The summed E-state index contributed by atoms with van der Waals surface area (Å²) in [4.78, 5) is 12.8. The van der Waals surface area contributed by atoms with Crippen LogP contribution in [-0.4, -0.2) is 44.9 Å². The molecule has 0 aliphatic carbocycles. The maximum Gasteiger partial charge on any atom is 0.243 e. The zero-order valence-corrected chi connectivity index (χ0v) is 18.7. The highest BCUT2D eigenvalue weighted by Gasteiger charge is 2.33. The van der Waals surface area contributed by atoms with Crippen LogP contribution in [0.1, 0.15) is 37.8 Å². The van der Waals surface area contributed by atoms with E-state index in [1.54, 1.807) is 18.2 Å². The van der Waals surface area contributed by atoms with Gasteiger partial charge in [0.15, 0.2) is 11.5 Å². The molecule has 0 bridgehead atoms. The van der Waals surface area contributed by atoms with Crippen LogP contribution in [0.4, 0.5) is 4.39 Å². The van der Waals surface area contributed by atoms with Crippen molar-refractivity contribution in [3.05, 3.63) is 53.8 Å². The lowest BCUT2D eigenvalue weighted by Gasteiger charge is -2.31. The number of hydrogen-bond acceptors (Lipinski definition) is 5. The van der Waals surface area contributed by atoms with E-state index in [0.29, 0.717) is 37.6 Å². The fourth-order valence-corrected chi connectivity index (χ4v) is 5.46. The number of nitrogens with zero attached hydrogens (tertiary/aromatic N) is 1. The fraction of sp³-hybridized carbons (Fsp3) is 0.435. The molecule has 7 nitrogen and oxygen atoms in total. The van der Waals surface area contributed by atoms with Crippen molar-refractivity contribution in [2.24, 2.45) is 5.92 Å². The van der Waals surface area contributed by atoms with Crippen molar-refractivity contribution in [3.63, 3.8) is 0 Å². The molecule has 32 heavy (non-hydrogen) atoms. The van der Waals surface area contributed by atoms with Gasteiger partial charge in [0.1, 0.15) is 5.82 Å². The van der Waals surface area contributed by atoms with E-state index in [1.807, 2.05) is 6.92 Å². The van der Waals surface area contributed by atoms with Crippen LogP contribution in [0, 0.1) is 11.7 Å². The number of halogens is 1. The minimum absolute atomic E-state index is 0.116. The van der Waals surface area contributed by atoms with Gasteiger partial charge in [-0.15, -0.1) is 0 Å². The normalized spacial score (nSPS) is 18.6. The third kappa shape index (κ3) is 4.88. The predicted molar refractivity (Wildman–Crippen MR) is 116 cm³/mol. The molecule has 2 heterocycles. The smallest absolute Gasteiger partial charge is 0.243 e. The number of sulfonamides is 1. The van der Waals surface area contributed by atoms with E-state index in [0.717, 1.165) is 12.0 Å². The van der Waals surface area contributed by atoms with Crippen molar-refractivity contribution < 1.29 is 27.1 Å². The predicted octanol–water partition coefficient (Wildman–Crippen LogP) is 3.27. The molecule has 2 aliphatic heterocycles. The van der Waals surface area contributed by atoms with Crippen LogP contribution in [0.5, 0.6) is 11.5 Å². The fourth-order valence-electron chi connectivity index (χ4n) is 3.98. The maximum atomic E-state index is 13.1. The van der Waals surface area contributed by atoms with Crippen LogP contribution in [0.3, 0.4) is 0 Å². The molecule has 1 fully saturated rings. The van der Waals surface area contributed by atoms with E-state index in [2.05, 4.69) is 5.32 Å². The molecule has 1 saturated heterocycles. The Hall–Kier alpha value is -2.65. The van der Waals surface area contributed by atoms with Crippen molar-refractivity contribution in [2.75, 3.05) is 26.3 Å². The van der Waals surface area contributed by atoms with Crippen molar-refractivity contribution in [1.29, 1.82) is 0 Å². The number of ether oxygens (including phenoxy) is 2. The maximum absolute atomic E-state index is 13.1. The van der Waals surface area contributed by atoms with E-state index in [-0.39, 0.29) is 41.7 Å². The van der Waals surface area contributed by atoms with Gasteiger partial charge < -0.3 is 14.8 Å². The average Bonchev–Trinajstić information content (AvgIpc) is 3.04. The Bertz CT molecular complexity index is 1070. The Labute approximate surface area is 187 Å². The van der Waals surface area contributed by atoms with E-state index in [4.69, 9.17) is 9.47 Å². The van der Waals surface area contributed by atoms with Gasteiger partial charge in [0.2, 0.25) is 15.9 Å². The van der Waals surface area contributed by atoms with Gasteiger partial charge in [-0.3, -0.25) is 4.79 Å². The Morgan fingerprint density at radius 1 is 1.06 bits per heavy atom. The minimum Gasteiger partial charge on any atom is -0.490 e. The molecule has 2 aromatic carbocycles. The summed E-state index contributed by atoms with van der Waals surface area (Å²) in [7, 11) is -3.70. The van der Waals surface area contributed by atoms with E-state index >= 15 is 0 Å². The number of amides is 1. The molecule has 0 radical (unpaired) electrons. The van der Waals surface area contributed by atoms with Crippen LogP contribution in [0.25, 0.3) is 0 Å². The molecular weight excluding hydrogens is 435 g/mol. The molecule has 9 heteroatoms. The summed E-state index contributed by atoms with van der Waals surface area (Å²) in [6.45, 7) is 3.39. The van der Waals surface area contributed by atoms with Gasteiger partial charge in [-0.1, -0.05) is 12.1 Å². The highest BCUT2D eigenvalue weighted by Crippen LogP contribution is 2.34. The summed E-state index contributed by atoms with van der Waals surface area (Å²) in [5.74, 6) is 0.275. The molecule has 172 valence electrons. The van der Waals surface area contributed by atoms with E-state index in [9.17, 15) is 17.6 Å². The zero-order chi connectivity index (χ0) is 22.7. The molecular formula is C23H27FN2O5S. The van der Waals surface area contributed by atoms with Crippen molar-refractivity contribution in [1.82, 2.24) is 9.62 Å². The third-order valence-electron chi connectivity index (χ3n) is 5.91. The summed E-state index contributed by atoms with van der Waals surface area (Å²) < 4.78 is 52.0. The second-order valence-electron chi connectivity index (χ2n) is 8.12. The number of carbonyl (C=O) groups is 1. The lowest BCUT2D eigenvalue weighted by molar-refractivity contribution is -0.126. The topological polar surface area (TPSA) is 84.9 Å². The van der Waals surface area contributed by atoms with Crippen LogP contribution >= 0.6 is 0 Å². The summed E-state index contributed by atoms with van der Waals surface area (Å²) in [6.07, 6.45) is 1.61. The lowest BCUT2D eigenvalue weighted by atomic mass is 9.96. The molecule has 0 saturated carbocycles. The number of fused-ring (bicyclic) bond motifs is 1. The van der Waals surface area contributed by atoms with Crippen LogP contribution in [0.2, 0.25) is 0 Å². The highest BCUT2D eigenvalue weighted by atomic mass is 32.2. The largest absolute Gasteiger partial charge is 0.490 e. The van der Waals surface area contributed by atoms with Crippen LogP contribution < -0.4 is 14.8 Å². The first-order valence-corrected chi connectivity index (χ1v) is 12.2. The molecule has 2 aromatic rings. The quantitative estimate of drug-likeness (QED) is 0.737. The molecule has 1 unspecified atom stereocenters. The van der Waals surface area contributed by atoms with Gasteiger partial charge in [0.05, 0.1) is 24.2 Å². The first-order chi connectivity index (χ1) is 15.3. The monoisotopic (exact) mass is 462 g/mol. The Balaban J connectivity index is 1.37. The Morgan fingerprint density at radius 3 is 2.41 bits per heavy atom. The van der Waals surface area contributed by atoms with Crippen molar-refractivity contribution in [3.8, 4) is 11.5 Å². The van der Waals surface area contributed by atoms with E-state index < -0.39 is 10.0 Å². The van der Waals surface area contributed by atoms with Crippen LogP contribution in [0.15, 0.2) is 47.4 Å². The summed E-state index contributed by atoms with van der Waals surface area (Å²) in [6, 6.07) is 10.4. The number of rotatable bonds is 5. The molecule has 2 aliphatic rings. The first-order valence-electron chi connectivity index (χ1n) is 10.8. The van der Waals surface area contributed by atoms with Gasteiger partial charge in [0.25, 0.3) is 0 Å². The standard InChI is InChI=1S/C23H27FN2O5S/c1-16(17-3-5-19(24)6-4-17)25-23(27)18-9-11-26(12-10-18)32(28,29)20-7-8-21-22(15-20)31-14-2-13-30-21/h3-8,15-16,18H,2,9-14H2,1H3,(H,25,27). The number of carbonyl (C=O) groups excluding carboxylic acids is 1. The Morgan fingerprint density at radius 2 is 1.72 bits per heavy atom. The Kier molecular flexibility index (Phi) is 6.66. The average molecular weight is 463 g/mol. The van der Waals surface area contributed by atoms with Gasteiger partial charge in [0, 0.05) is 31.5 Å². The molecule has 1 atom stereocenters. The second kappa shape index (κ2) is 9.46. The molecule has 0 aromatic heterocycles. The van der Waals surface area contributed by atoms with Gasteiger partial charge >= 0.3 is 0 Å². The number of piperidine rings is 1. The number of hydrogen-bond donors (Lipinski definition) is 1. The number of nitrogens with one attached hydrogen (secondary N) is 1. The number of benzene rings is 2. The minimum atomic E-state index is -3.70.